The molecule has 0 fully saturated rings. The largest absolute Gasteiger partial charge is 0.316 e. The van der Waals surface area contributed by atoms with Gasteiger partial charge in [0, 0.05) is 12.5 Å². The average Bonchev–Trinajstić information content (AvgIpc) is 2.28. The zero-order chi connectivity index (χ0) is 12.0. The third-order valence-electron chi connectivity index (χ3n) is 2.90. The summed E-state index contributed by atoms with van der Waals surface area (Å²) in [6.45, 7) is 6.21. The molecule has 1 atom stereocenters. The first-order valence-corrected chi connectivity index (χ1v) is 5.80. The molecule has 16 heavy (non-hydrogen) atoms. The summed E-state index contributed by atoms with van der Waals surface area (Å²) in [5.74, 6) is 6.10. The predicted octanol–water partition coefficient (Wildman–Crippen LogP) is 2.85. The molecule has 0 aliphatic rings. The Bertz CT molecular complexity index is 396. The van der Waals surface area contributed by atoms with E-state index in [0.29, 0.717) is 6.04 Å². The van der Waals surface area contributed by atoms with E-state index in [4.69, 9.17) is 0 Å². The van der Waals surface area contributed by atoms with Crippen molar-refractivity contribution in [3.63, 3.8) is 0 Å². The van der Waals surface area contributed by atoms with Gasteiger partial charge < -0.3 is 5.32 Å². The second kappa shape index (κ2) is 6.35. The molecule has 1 heteroatoms. The summed E-state index contributed by atoms with van der Waals surface area (Å²) in [6, 6.07) is 7.09. The Hall–Kier alpha value is -1.26. The van der Waals surface area contributed by atoms with Gasteiger partial charge in [-0.15, -0.1) is 11.8 Å². The average molecular weight is 215 g/mol. The van der Waals surface area contributed by atoms with Crippen LogP contribution >= 0.6 is 0 Å². The fourth-order valence-electron chi connectivity index (χ4n) is 1.79. The lowest BCUT2D eigenvalue weighted by Crippen LogP contribution is -2.27. The van der Waals surface area contributed by atoms with Crippen molar-refractivity contribution in [3.8, 4) is 11.8 Å². The number of hydrogen-bond donors (Lipinski definition) is 1. The van der Waals surface area contributed by atoms with E-state index >= 15 is 0 Å². The van der Waals surface area contributed by atoms with Gasteiger partial charge in [-0.25, -0.2) is 0 Å². The van der Waals surface area contributed by atoms with Crippen LogP contribution in [-0.4, -0.2) is 13.1 Å². The molecule has 0 heterocycles. The van der Waals surface area contributed by atoms with Gasteiger partial charge >= 0.3 is 0 Å². The van der Waals surface area contributed by atoms with Crippen LogP contribution in [0.15, 0.2) is 18.2 Å². The van der Waals surface area contributed by atoms with Crippen LogP contribution in [-0.2, 0) is 6.42 Å². The van der Waals surface area contributed by atoms with E-state index in [1.165, 1.54) is 16.7 Å². The van der Waals surface area contributed by atoms with Crippen LogP contribution in [0.5, 0.6) is 0 Å². The first-order valence-electron chi connectivity index (χ1n) is 5.80. The zero-order valence-electron chi connectivity index (χ0n) is 10.7. The number of aryl methyl sites for hydroxylation is 2. The normalized spacial score (nSPS) is 11.8. The van der Waals surface area contributed by atoms with Crippen LogP contribution in [0.25, 0.3) is 0 Å². The van der Waals surface area contributed by atoms with Gasteiger partial charge in [-0.3, -0.25) is 0 Å². The number of likely N-dealkylation sites (N-methyl/N-ethyl adjacent to an activating group) is 1. The first kappa shape index (κ1) is 12.8. The van der Waals surface area contributed by atoms with Crippen molar-refractivity contribution in [2.75, 3.05) is 7.05 Å². The number of benzene rings is 1. The summed E-state index contributed by atoms with van der Waals surface area (Å²) in [7, 11) is 2.01. The molecular formula is C15H21N. The van der Waals surface area contributed by atoms with Crippen molar-refractivity contribution < 1.29 is 0 Å². The number of hydrogen-bond acceptors (Lipinski definition) is 1. The van der Waals surface area contributed by atoms with Crippen molar-refractivity contribution in [1.29, 1.82) is 0 Å². The monoisotopic (exact) mass is 215 g/mol. The molecule has 1 N–H and O–H groups in total. The molecule has 86 valence electrons. The Morgan fingerprint density at radius 3 is 2.69 bits per heavy atom. The molecule has 1 aromatic rings. The smallest absolute Gasteiger partial charge is 0.0246 e. The first-order chi connectivity index (χ1) is 7.67. The third kappa shape index (κ3) is 3.72. The maximum atomic E-state index is 3.33. The van der Waals surface area contributed by atoms with E-state index in [0.717, 1.165) is 12.8 Å². The summed E-state index contributed by atoms with van der Waals surface area (Å²) < 4.78 is 0. The van der Waals surface area contributed by atoms with Crippen LogP contribution in [0.4, 0.5) is 0 Å². The second-order valence-electron chi connectivity index (χ2n) is 4.25. The van der Waals surface area contributed by atoms with Crippen LogP contribution in [0.2, 0.25) is 0 Å². The standard InChI is InChI=1S/C15H21N/c1-5-6-7-15(16-4)11-14-10-12(2)8-9-13(14)3/h8-10,15-16H,7,11H2,1-4H3. The van der Waals surface area contributed by atoms with Gasteiger partial charge in [-0.2, -0.15) is 0 Å². The Labute approximate surface area is 99.3 Å². The highest BCUT2D eigenvalue weighted by molar-refractivity contribution is 5.31. The van der Waals surface area contributed by atoms with Gasteiger partial charge in [0.15, 0.2) is 0 Å². The molecule has 1 nitrogen and oxygen atoms in total. The Kier molecular flexibility index (Phi) is 5.08. The van der Waals surface area contributed by atoms with E-state index in [9.17, 15) is 0 Å². The SMILES string of the molecule is CC#CCC(Cc1cc(C)ccc1C)NC. The van der Waals surface area contributed by atoms with Gasteiger partial charge in [0.1, 0.15) is 0 Å². The summed E-state index contributed by atoms with van der Waals surface area (Å²) in [4.78, 5) is 0. The van der Waals surface area contributed by atoms with E-state index in [-0.39, 0.29) is 0 Å². The second-order valence-corrected chi connectivity index (χ2v) is 4.25. The van der Waals surface area contributed by atoms with Gasteiger partial charge in [0.2, 0.25) is 0 Å². The third-order valence-corrected chi connectivity index (χ3v) is 2.90. The molecule has 0 saturated heterocycles. The summed E-state index contributed by atoms with van der Waals surface area (Å²) in [6.07, 6.45) is 1.97. The predicted molar refractivity (Wildman–Crippen MR) is 70.5 cm³/mol. The van der Waals surface area contributed by atoms with Gasteiger partial charge in [-0.1, -0.05) is 23.8 Å². The molecule has 1 unspecified atom stereocenters. The maximum Gasteiger partial charge on any atom is 0.0246 e. The molecule has 0 spiro atoms. The van der Waals surface area contributed by atoms with Crippen molar-refractivity contribution in [3.05, 3.63) is 34.9 Å². The van der Waals surface area contributed by atoms with Crippen LogP contribution in [0.1, 0.15) is 30.0 Å². The molecule has 0 aliphatic heterocycles. The minimum atomic E-state index is 0.452. The van der Waals surface area contributed by atoms with Crippen molar-refractivity contribution in [1.82, 2.24) is 5.32 Å². The van der Waals surface area contributed by atoms with Crippen LogP contribution < -0.4 is 5.32 Å². The number of rotatable bonds is 4. The topological polar surface area (TPSA) is 12.0 Å². The molecule has 0 radical (unpaired) electrons. The fourth-order valence-corrected chi connectivity index (χ4v) is 1.79. The molecule has 0 bridgehead atoms. The molecule has 1 rings (SSSR count). The van der Waals surface area contributed by atoms with Crippen molar-refractivity contribution in [2.45, 2.75) is 39.7 Å². The highest BCUT2D eigenvalue weighted by atomic mass is 14.9. The van der Waals surface area contributed by atoms with E-state index in [1.807, 2.05) is 14.0 Å². The van der Waals surface area contributed by atoms with Crippen LogP contribution in [0, 0.1) is 25.7 Å². The Balaban J connectivity index is 2.75. The Morgan fingerprint density at radius 1 is 1.31 bits per heavy atom. The molecule has 0 aliphatic carbocycles. The lowest BCUT2D eigenvalue weighted by atomic mass is 9.97. The number of nitrogens with one attached hydrogen (secondary N) is 1. The molecule has 1 aromatic carbocycles. The van der Waals surface area contributed by atoms with Gasteiger partial charge in [-0.05, 0) is 45.4 Å². The minimum Gasteiger partial charge on any atom is -0.316 e. The Morgan fingerprint density at radius 2 is 2.06 bits per heavy atom. The minimum absolute atomic E-state index is 0.452. The summed E-state index contributed by atoms with van der Waals surface area (Å²) >= 11 is 0. The van der Waals surface area contributed by atoms with Gasteiger partial charge in [0.05, 0.1) is 0 Å². The summed E-state index contributed by atoms with van der Waals surface area (Å²) in [5, 5.41) is 3.33. The van der Waals surface area contributed by atoms with E-state index < -0.39 is 0 Å². The lowest BCUT2D eigenvalue weighted by molar-refractivity contribution is 0.571. The van der Waals surface area contributed by atoms with Crippen molar-refractivity contribution in [2.24, 2.45) is 0 Å². The molecule has 0 amide bonds. The molecule has 0 saturated carbocycles. The van der Waals surface area contributed by atoms with Crippen LogP contribution in [0.3, 0.4) is 0 Å². The van der Waals surface area contributed by atoms with Gasteiger partial charge in [0.25, 0.3) is 0 Å². The highest BCUT2D eigenvalue weighted by Gasteiger charge is 2.07. The van der Waals surface area contributed by atoms with E-state index in [2.05, 4.69) is 49.2 Å². The quantitative estimate of drug-likeness (QED) is 0.762. The molecular weight excluding hydrogens is 194 g/mol. The lowest BCUT2D eigenvalue weighted by Gasteiger charge is -2.15. The zero-order valence-corrected chi connectivity index (χ0v) is 10.7. The fraction of sp³-hybridized carbons (Fsp3) is 0.467. The highest BCUT2D eigenvalue weighted by Crippen LogP contribution is 2.13. The molecule has 0 aromatic heterocycles. The maximum absolute atomic E-state index is 3.33. The summed E-state index contributed by atoms with van der Waals surface area (Å²) in [5.41, 5.74) is 4.13. The van der Waals surface area contributed by atoms with E-state index in [1.54, 1.807) is 0 Å². The van der Waals surface area contributed by atoms with Crippen molar-refractivity contribution >= 4 is 0 Å².